The van der Waals surface area contributed by atoms with E-state index >= 15 is 0 Å². The molecule has 1 aromatic heterocycles. The fourth-order valence-electron chi connectivity index (χ4n) is 8.99. The van der Waals surface area contributed by atoms with E-state index in [1.165, 1.54) is 38.6 Å². The Labute approximate surface area is 289 Å². The maximum atomic E-state index is 5.62. The molecule has 3 fully saturated rings. The predicted molar refractivity (Wildman–Crippen MR) is 198 cm³/mol. The summed E-state index contributed by atoms with van der Waals surface area (Å²) in [5.74, 6) is 2.46. The van der Waals surface area contributed by atoms with Gasteiger partial charge in [-0.15, -0.1) is 0 Å². The summed E-state index contributed by atoms with van der Waals surface area (Å²) in [6.07, 6.45) is 9.49. The Balaban J connectivity index is 1.45. The van der Waals surface area contributed by atoms with E-state index in [9.17, 15) is 0 Å². The van der Waals surface area contributed by atoms with E-state index in [-0.39, 0.29) is 27.7 Å². The second-order valence-corrected chi connectivity index (χ2v) is 18.5. The average molecular weight is 657 g/mol. The van der Waals surface area contributed by atoms with Gasteiger partial charge in [0.05, 0.1) is 13.2 Å². The van der Waals surface area contributed by atoms with Crippen LogP contribution in [0.3, 0.4) is 0 Å². The lowest BCUT2D eigenvalue weighted by Gasteiger charge is -2.57. The summed E-state index contributed by atoms with van der Waals surface area (Å²) in [6.45, 7) is 33.8. The topological polar surface area (TPSA) is 64.1 Å². The summed E-state index contributed by atoms with van der Waals surface area (Å²) in [4.78, 5) is 27.7. The van der Waals surface area contributed by atoms with E-state index in [0.717, 1.165) is 69.8 Å². The molecule has 0 unspecified atom stereocenters. The van der Waals surface area contributed by atoms with Crippen molar-refractivity contribution in [1.29, 1.82) is 0 Å². The number of ether oxygens (including phenoxy) is 1. The van der Waals surface area contributed by atoms with E-state index in [0.29, 0.717) is 12.1 Å². The second kappa shape index (κ2) is 14.4. The van der Waals surface area contributed by atoms with Crippen LogP contribution in [0.2, 0.25) is 0 Å². The number of hydrogen-bond donors (Lipinski definition) is 0. The van der Waals surface area contributed by atoms with Gasteiger partial charge in [0.1, 0.15) is 5.82 Å². The summed E-state index contributed by atoms with van der Waals surface area (Å²) in [5, 5.41) is 0. The van der Waals surface area contributed by atoms with Gasteiger partial charge in [0.2, 0.25) is 11.9 Å². The Morgan fingerprint density at radius 2 is 1.15 bits per heavy atom. The summed E-state index contributed by atoms with van der Waals surface area (Å²) >= 11 is 0. The van der Waals surface area contributed by atoms with Gasteiger partial charge in [-0.3, -0.25) is 14.7 Å². The minimum atomic E-state index is 0.0905. The van der Waals surface area contributed by atoms with Crippen LogP contribution in [-0.2, 0) is 4.74 Å². The molecule has 3 aliphatic rings. The van der Waals surface area contributed by atoms with Gasteiger partial charge >= 0.3 is 0 Å². The van der Waals surface area contributed by atoms with Crippen molar-refractivity contribution in [2.75, 3.05) is 63.3 Å². The summed E-state index contributed by atoms with van der Waals surface area (Å²) in [7, 11) is 4.61. The van der Waals surface area contributed by atoms with Crippen molar-refractivity contribution in [3.8, 4) is 0 Å². The smallest absolute Gasteiger partial charge is 0.230 e. The number of aromatic nitrogens is 3. The summed E-state index contributed by atoms with van der Waals surface area (Å²) in [6, 6.07) is 0.985. The number of piperidine rings is 2. The van der Waals surface area contributed by atoms with Crippen LogP contribution < -0.4 is 9.80 Å². The largest absolute Gasteiger partial charge is 0.378 e. The number of likely N-dealkylation sites (tertiary alicyclic amines) is 2. The third kappa shape index (κ3) is 9.17. The van der Waals surface area contributed by atoms with Crippen molar-refractivity contribution in [3.05, 3.63) is 5.82 Å². The standard InChI is InChI=1S/C38H72N8O/c1-29-39-32(44-21-23-47-24-22-44)41-33(40-29)45(30-25-35(5,6)42(13)36(7,8)26-30)19-17-15-16-18-20-46(34(2,3)4)31-27-37(9,10)43(14)38(11,12)28-31/h30-31H,15-28H2,1-14H3. The molecule has 270 valence electrons. The molecule has 0 radical (unpaired) electrons. The zero-order valence-corrected chi connectivity index (χ0v) is 33.0. The zero-order valence-electron chi connectivity index (χ0n) is 33.0. The molecule has 4 heterocycles. The Morgan fingerprint density at radius 1 is 0.681 bits per heavy atom. The summed E-state index contributed by atoms with van der Waals surface area (Å²) in [5.41, 5.74) is 0.740. The SMILES string of the molecule is Cc1nc(N2CCOCC2)nc(N(CCCCCCN(C2CC(C)(C)N(C)C(C)(C)C2)C(C)(C)C)C2CC(C)(C)N(C)C(C)(C)C2)n1. The third-order valence-corrected chi connectivity index (χ3v) is 12.1. The molecule has 1 aromatic rings. The van der Waals surface area contributed by atoms with Crippen LogP contribution in [0.1, 0.15) is 133 Å². The third-order valence-electron chi connectivity index (χ3n) is 12.1. The van der Waals surface area contributed by atoms with E-state index in [4.69, 9.17) is 19.7 Å². The molecular weight excluding hydrogens is 584 g/mol. The van der Waals surface area contributed by atoms with Gasteiger partial charge in [-0.05, 0) is 142 Å². The Kier molecular flexibility index (Phi) is 11.7. The molecule has 3 saturated heterocycles. The molecule has 4 rings (SSSR count). The van der Waals surface area contributed by atoms with E-state index in [1.54, 1.807) is 0 Å². The van der Waals surface area contributed by atoms with Gasteiger partial charge in [0, 0.05) is 59.4 Å². The highest BCUT2D eigenvalue weighted by Gasteiger charge is 2.47. The van der Waals surface area contributed by atoms with E-state index in [2.05, 4.69) is 115 Å². The average Bonchev–Trinajstić information content (AvgIpc) is 2.95. The second-order valence-electron chi connectivity index (χ2n) is 18.5. The molecule has 0 atom stereocenters. The maximum absolute atomic E-state index is 5.62. The first kappa shape index (κ1) is 38.3. The van der Waals surface area contributed by atoms with Crippen molar-refractivity contribution < 1.29 is 4.74 Å². The molecule has 0 amide bonds. The van der Waals surface area contributed by atoms with Gasteiger partial charge < -0.3 is 14.5 Å². The van der Waals surface area contributed by atoms with E-state index in [1.807, 2.05) is 6.92 Å². The Bertz CT molecular complexity index is 1130. The first-order valence-electron chi connectivity index (χ1n) is 18.7. The molecular formula is C38H72N8O. The Morgan fingerprint density at radius 3 is 1.64 bits per heavy atom. The van der Waals surface area contributed by atoms with Gasteiger partial charge in [0.15, 0.2) is 0 Å². The quantitative estimate of drug-likeness (QED) is 0.240. The van der Waals surface area contributed by atoms with Crippen LogP contribution in [0, 0.1) is 6.92 Å². The molecule has 0 aromatic carbocycles. The molecule has 0 saturated carbocycles. The van der Waals surface area contributed by atoms with Crippen LogP contribution in [0.4, 0.5) is 11.9 Å². The molecule has 9 nitrogen and oxygen atoms in total. The fourth-order valence-corrected chi connectivity index (χ4v) is 8.99. The monoisotopic (exact) mass is 657 g/mol. The van der Waals surface area contributed by atoms with Gasteiger partial charge in [0.25, 0.3) is 0 Å². The molecule has 3 aliphatic heterocycles. The molecule has 0 bridgehead atoms. The minimum absolute atomic E-state index is 0.0905. The van der Waals surface area contributed by atoms with Crippen LogP contribution in [0.25, 0.3) is 0 Å². The Hall–Kier alpha value is -1.55. The van der Waals surface area contributed by atoms with Gasteiger partial charge in [-0.2, -0.15) is 15.0 Å². The maximum Gasteiger partial charge on any atom is 0.230 e. The van der Waals surface area contributed by atoms with Gasteiger partial charge in [-0.25, -0.2) is 0 Å². The first-order chi connectivity index (χ1) is 21.6. The first-order valence-corrected chi connectivity index (χ1v) is 18.7. The molecule has 0 aliphatic carbocycles. The zero-order chi connectivity index (χ0) is 35.0. The number of morpholine rings is 1. The predicted octanol–water partition coefficient (Wildman–Crippen LogP) is 6.79. The highest BCUT2D eigenvalue weighted by Crippen LogP contribution is 2.42. The highest BCUT2D eigenvalue weighted by molar-refractivity contribution is 5.41. The molecule has 0 N–H and O–H groups in total. The number of aryl methyl sites for hydroxylation is 1. The number of rotatable bonds is 11. The minimum Gasteiger partial charge on any atom is -0.378 e. The molecule has 9 heteroatoms. The van der Waals surface area contributed by atoms with Crippen molar-refractivity contribution in [1.82, 2.24) is 29.7 Å². The lowest BCUT2D eigenvalue weighted by molar-refractivity contribution is -0.0673. The van der Waals surface area contributed by atoms with Crippen molar-refractivity contribution in [3.63, 3.8) is 0 Å². The van der Waals surface area contributed by atoms with Crippen molar-refractivity contribution >= 4 is 11.9 Å². The van der Waals surface area contributed by atoms with Crippen LogP contribution in [0.5, 0.6) is 0 Å². The molecule has 0 spiro atoms. The van der Waals surface area contributed by atoms with E-state index < -0.39 is 0 Å². The highest BCUT2D eigenvalue weighted by atomic mass is 16.5. The van der Waals surface area contributed by atoms with Crippen molar-refractivity contribution in [2.24, 2.45) is 0 Å². The lowest BCUT2D eigenvalue weighted by Crippen LogP contribution is -2.64. The number of unbranched alkanes of at least 4 members (excludes halogenated alkanes) is 3. The van der Waals surface area contributed by atoms with Crippen LogP contribution in [0.15, 0.2) is 0 Å². The molecule has 47 heavy (non-hydrogen) atoms. The van der Waals surface area contributed by atoms with Crippen molar-refractivity contribution in [2.45, 2.75) is 174 Å². The number of anilines is 2. The fraction of sp³-hybridized carbons (Fsp3) is 0.921. The summed E-state index contributed by atoms with van der Waals surface area (Å²) < 4.78 is 5.62. The number of nitrogens with zero attached hydrogens (tertiary/aromatic N) is 8. The van der Waals surface area contributed by atoms with Crippen LogP contribution >= 0.6 is 0 Å². The van der Waals surface area contributed by atoms with Gasteiger partial charge in [-0.1, -0.05) is 12.8 Å². The lowest BCUT2D eigenvalue weighted by atomic mass is 9.76. The normalized spacial score (nSPS) is 24.2. The number of hydrogen-bond acceptors (Lipinski definition) is 9. The van der Waals surface area contributed by atoms with Crippen LogP contribution in [-0.4, -0.2) is 123 Å².